The van der Waals surface area contributed by atoms with Crippen LogP contribution in [0.1, 0.15) is 57.2 Å². The average molecular weight is 261 g/mol. The lowest BCUT2D eigenvalue weighted by Gasteiger charge is -2.17. The summed E-state index contributed by atoms with van der Waals surface area (Å²) in [7, 11) is 0. The van der Waals surface area contributed by atoms with Gasteiger partial charge in [0.25, 0.3) is 0 Å². The van der Waals surface area contributed by atoms with Crippen molar-refractivity contribution < 1.29 is 4.74 Å². The predicted octanol–water partition coefficient (Wildman–Crippen LogP) is 4.10. The van der Waals surface area contributed by atoms with Crippen LogP contribution in [0, 0.1) is 5.92 Å². The number of benzene rings is 1. The molecule has 0 amide bonds. The third kappa shape index (κ3) is 3.30. The van der Waals surface area contributed by atoms with Crippen LogP contribution in [0.15, 0.2) is 18.2 Å². The minimum atomic E-state index is 0.525. The molecule has 0 radical (unpaired) electrons. The minimum Gasteiger partial charge on any atom is -0.493 e. The molecule has 106 valence electrons. The smallest absolute Gasteiger partial charge is 0.122 e. The van der Waals surface area contributed by atoms with Gasteiger partial charge in [-0.1, -0.05) is 45.7 Å². The van der Waals surface area contributed by atoms with Gasteiger partial charge in [-0.2, -0.15) is 0 Å². The fourth-order valence-electron chi connectivity index (χ4n) is 2.95. The van der Waals surface area contributed by atoms with E-state index in [1.165, 1.54) is 30.4 Å². The third-order valence-corrected chi connectivity index (χ3v) is 4.31. The Morgan fingerprint density at radius 3 is 2.74 bits per heavy atom. The number of hydrogen-bond donors (Lipinski definition) is 1. The van der Waals surface area contributed by atoms with Gasteiger partial charge in [0.2, 0.25) is 0 Å². The highest BCUT2D eigenvalue weighted by atomic mass is 16.5. The van der Waals surface area contributed by atoms with E-state index < -0.39 is 0 Å². The Morgan fingerprint density at radius 2 is 2.05 bits per heavy atom. The summed E-state index contributed by atoms with van der Waals surface area (Å²) in [5.41, 5.74) is 2.88. The van der Waals surface area contributed by atoms with Gasteiger partial charge >= 0.3 is 0 Å². The molecule has 2 nitrogen and oxygen atoms in total. The molecule has 0 heterocycles. The molecule has 1 aromatic carbocycles. The molecule has 0 saturated heterocycles. The van der Waals surface area contributed by atoms with Crippen LogP contribution in [0.25, 0.3) is 0 Å². The summed E-state index contributed by atoms with van der Waals surface area (Å²) < 4.78 is 6.09. The van der Waals surface area contributed by atoms with E-state index in [4.69, 9.17) is 4.74 Å². The van der Waals surface area contributed by atoms with Crippen molar-refractivity contribution in [3.8, 4) is 5.75 Å². The van der Waals surface area contributed by atoms with Crippen molar-refractivity contribution in [2.24, 2.45) is 5.92 Å². The first kappa shape index (κ1) is 14.4. The summed E-state index contributed by atoms with van der Waals surface area (Å²) in [4.78, 5) is 0. The summed E-state index contributed by atoms with van der Waals surface area (Å²) in [6.07, 6.45) is 4.75. The van der Waals surface area contributed by atoms with Crippen LogP contribution in [0.2, 0.25) is 0 Å². The molecule has 0 fully saturated rings. The quantitative estimate of drug-likeness (QED) is 0.798. The second-order valence-electron chi connectivity index (χ2n) is 5.47. The maximum atomic E-state index is 6.09. The molecular formula is C17H27NO. The van der Waals surface area contributed by atoms with Crippen LogP contribution in [-0.4, -0.2) is 13.2 Å². The molecule has 1 N–H and O–H groups in total. The third-order valence-electron chi connectivity index (χ3n) is 4.31. The first-order valence-electron chi connectivity index (χ1n) is 7.78. The summed E-state index contributed by atoms with van der Waals surface area (Å²) in [6, 6.07) is 7.04. The van der Waals surface area contributed by atoms with Crippen LogP contribution in [0.5, 0.6) is 5.75 Å². The second-order valence-corrected chi connectivity index (χ2v) is 5.47. The first-order valence-corrected chi connectivity index (χ1v) is 7.78. The van der Waals surface area contributed by atoms with Gasteiger partial charge in [-0.3, -0.25) is 0 Å². The Hall–Kier alpha value is -1.02. The van der Waals surface area contributed by atoms with E-state index >= 15 is 0 Å². The molecule has 1 aliphatic rings. The van der Waals surface area contributed by atoms with Crippen LogP contribution in [0.4, 0.5) is 0 Å². The highest BCUT2D eigenvalue weighted by molar-refractivity contribution is 5.45. The highest BCUT2D eigenvalue weighted by Gasteiger charge is 2.24. The molecule has 1 aromatic rings. The van der Waals surface area contributed by atoms with Gasteiger partial charge in [0.05, 0.1) is 6.61 Å². The standard InChI is InChI=1S/C17H27NO/c1-4-13(5-2)12-19-17-9-7-8-14-15(17)10-11-16(14)18-6-3/h7-9,13,16,18H,4-6,10-12H2,1-3H3. The van der Waals surface area contributed by atoms with Crippen molar-refractivity contribution in [1.29, 1.82) is 0 Å². The molecule has 0 aliphatic heterocycles. The molecule has 1 atom stereocenters. The molecular weight excluding hydrogens is 234 g/mol. The fourth-order valence-corrected chi connectivity index (χ4v) is 2.95. The van der Waals surface area contributed by atoms with Gasteiger partial charge in [-0.15, -0.1) is 0 Å². The van der Waals surface area contributed by atoms with Crippen molar-refractivity contribution in [2.75, 3.05) is 13.2 Å². The van der Waals surface area contributed by atoms with Gasteiger partial charge in [0.15, 0.2) is 0 Å². The molecule has 1 unspecified atom stereocenters. The topological polar surface area (TPSA) is 21.3 Å². The van der Waals surface area contributed by atoms with Crippen LogP contribution in [0.3, 0.4) is 0 Å². The normalized spacial score (nSPS) is 17.8. The molecule has 2 rings (SSSR count). The van der Waals surface area contributed by atoms with Gasteiger partial charge in [-0.05, 0) is 42.5 Å². The summed E-state index contributed by atoms with van der Waals surface area (Å²) >= 11 is 0. The number of nitrogens with one attached hydrogen (secondary N) is 1. The molecule has 19 heavy (non-hydrogen) atoms. The SMILES string of the molecule is CCNC1CCc2c(OCC(CC)CC)cccc21. The zero-order valence-electron chi connectivity index (χ0n) is 12.5. The number of hydrogen-bond acceptors (Lipinski definition) is 2. The van der Waals surface area contributed by atoms with Crippen LogP contribution in [-0.2, 0) is 6.42 Å². The zero-order valence-corrected chi connectivity index (χ0v) is 12.5. The van der Waals surface area contributed by atoms with E-state index in [0.29, 0.717) is 12.0 Å². The largest absolute Gasteiger partial charge is 0.493 e. The Balaban J connectivity index is 2.07. The molecule has 0 saturated carbocycles. The molecule has 0 aromatic heterocycles. The van der Waals surface area contributed by atoms with E-state index in [9.17, 15) is 0 Å². The van der Waals surface area contributed by atoms with E-state index in [-0.39, 0.29) is 0 Å². The van der Waals surface area contributed by atoms with Gasteiger partial charge in [0.1, 0.15) is 5.75 Å². The Kier molecular flexibility index (Phi) is 5.26. The monoisotopic (exact) mass is 261 g/mol. The molecule has 0 bridgehead atoms. The van der Waals surface area contributed by atoms with Crippen molar-refractivity contribution in [3.05, 3.63) is 29.3 Å². The van der Waals surface area contributed by atoms with Crippen molar-refractivity contribution in [3.63, 3.8) is 0 Å². The van der Waals surface area contributed by atoms with E-state index in [1.807, 2.05) is 0 Å². The van der Waals surface area contributed by atoms with E-state index in [0.717, 1.165) is 25.3 Å². The molecule has 1 aliphatic carbocycles. The van der Waals surface area contributed by atoms with Gasteiger partial charge in [-0.25, -0.2) is 0 Å². The zero-order chi connectivity index (χ0) is 13.7. The Morgan fingerprint density at radius 1 is 1.26 bits per heavy atom. The molecule has 2 heteroatoms. The second kappa shape index (κ2) is 6.95. The lowest BCUT2D eigenvalue weighted by Crippen LogP contribution is -2.18. The summed E-state index contributed by atoms with van der Waals surface area (Å²) in [5.74, 6) is 1.80. The number of ether oxygens (including phenoxy) is 1. The van der Waals surface area contributed by atoms with Crippen molar-refractivity contribution in [1.82, 2.24) is 5.32 Å². The number of rotatable bonds is 7. The van der Waals surface area contributed by atoms with Gasteiger partial charge in [0, 0.05) is 6.04 Å². The maximum absolute atomic E-state index is 6.09. The Labute approximate surface area is 117 Å². The average Bonchev–Trinajstić information content (AvgIpc) is 2.85. The van der Waals surface area contributed by atoms with Crippen LogP contribution >= 0.6 is 0 Å². The summed E-state index contributed by atoms with van der Waals surface area (Å²) in [5, 5.41) is 3.56. The highest BCUT2D eigenvalue weighted by Crippen LogP contribution is 2.37. The lowest BCUT2D eigenvalue weighted by atomic mass is 10.0. The number of fused-ring (bicyclic) bond motifs is 1. The Bertz CT molecular complexity index is 398. The van der Waals surface area contributed by atoms with Crippen LogP contribution < -0.4 is 10.1 Å². The van der Waals surface area contributed by atoms with Gasteiger partial charge < -0.3 is 10.1 Å². The minimum absolute atomic E-state index is 0.525. The maximum Gasteiger partial charge on any atom is 0.122 e. The predicted molar refractivity (Wildman–Crippen MR) is 80.7 cm³/mol. The van der Waals surface area contributed by atoms with Crippen molar-refractivity contribution >= 4 is 0 Å². The lowest BCUT2D eigenvalue weighted by molar-refractivity contribution is 0.239. The van der Waals surface area contributed by atoms with Crippen molar-refractivity contribution in [2.45, 2.75) is 52.5 Å². The van der Waals surface area contributed by atoms with E-state index in [2.05, 4.69) is 44.3 Å². The summed E-state index contributed by atoms with van der Waals surface area (Å²) in [6.45, 7) is 8.55. The first-order chi connectivity index (χ1) is 9.30. The fraction of sp³-hybridized carbons (Fsp3) is 0.647. The molecule has 0 spiro atoms. The van der Waals surface area contributed by atoms with E-state index in [1.54, 1.807) is 0 Å².